The molecule has 4 nitrogen and oxygen atoms in total. The highest BCUT2D eigenvalue weighted by atomic mass is 16.5. The Labute approximate surface area is 112 Å². The Kier molecular flexibility index (Phi) is 4.13. The first-order chi connectivity index (χ1) is 9.17. The van der Waals surface area contributed by atoms with Crippen LogP contribution < -0.4 is 4.74 Å². The molecular weight excluding hydrogens is 242 g/mol. The lowest BCUT2D eigenvalue weighted by Gasteiger charge is -2.31. The topological polar surface area (TPSA) is 55.7 Å². The van der Waals surface area contributed by atoms with Gasteiger partial charge >= 0.3 is 0 Å². The van der Waals surface area contributed by atoms with E-state index < -0.39 is 5.54 Å². The van der Waals surface area contributed by atoms with Crippen molar-refractivity contribution in [1.82, 2.24) is 0 Å². The van der Waals surface area contributed by atoms with E-state index in [0.717, 1.165) is 11.3 Å². The van der Waals surface area contributed by atoms with E-state index in [0.29, 0.717) is 32.1 Å². The molecule has 2 rings (SSSR count). The van der Waals surface area contributed by atoms with Crippen LogP contribution in [0.1, 0.15) is 31.2 Å². The summed E-state index contributed by atoms with van der Waals surface area (Å²) in [6.45, 7) is 0. The minimum absolute atomic E-state index is 0.256. The Morgan fingerprint density at radius 1 is 1.26 bits per heavy atom. The lowest BCUT2D eigenvalue weighted by Crippen LogP contribution is -2.34. The molecule has 1 aromatic carbocycles. The number of methoxy groups -OCH3 is 1. The van der Waals surface area contributed by atoms with E-state index in [1.807, 2.05) is 24.3 Å². The van der Waals surface area contributed by atoms with Crippen molar-refractivity contribution < 1.29 is 14.3 Å². The van der Waals surface area contributed by atoms with E-state index in [1.54, 1.807) is 13.2 Å². The van der Waals surface area contributed by atoms with Crippen LogP contribution in [-0.2, 0) is 16.0 Å². The number of nitrogens with zero attached hydrogens (tertiary/aromatic N) is 1. The second kappa shape index (κ2) is 5.81. The van der Waals surface area contributed by atoms with Gasteiger partial charge in [0.1, 0.15) is 11.5 Å². The zero-order chi connectivity index (χ0) is 13.7. The van der Waals surface area contributed by atoms with Crippen molar-refractivity contribution in [3.8, 4) is 5.75 Å². The number of rotatable bonds is 4. The number of hydrogen-bond acceptors (Lipinski definition) is 4. The highest BCUT2D eigenvalue weighted by molar-refractivity contribution is 5.79. The van der Waals surface area contributed by atoms with Crippen LogP contribution in [0.4, 0.5) is 0 Å². The summed E-state index contributed by atoms with van der Waals surface area (Å²) >= 11 is 0. The summed E-state index contributed by atoms with van der Waals surface area (Å²) in [5.74, 6) is 1.06. The normalized spacial score (nSPS) is 17.6. The Morgan fingerprint density at radius 3 is 2.42 bits per heavy atom. The van der Waals surface area contributed by atoms with Crippen LogP contribution >= 0.6 is 0 Å². The van der Waals surface area contributed by atoms with Gasteiger partial charge in [-0.1, -0.05) is 12.1 Å². The molecule has 0 aromatic heterocycles. The summed E-state index contributed by atoms with van der Waals surface area (Å²) in [5.41, 5.74) is 0.638. The van der Waals surface area contributed by atoms with Gasteiger partial charge in [-0.2, -0.15) is 4.99 Å². The van der Waals surface area contributed by atoms with Gasteiger partial charge in [0.2, 0.25) is 6.08 Å². The molecule has 0 amide bonds. The average molecular weight is 259 g/mol. The standard InChI is InChI=1S/C15H17NO3/c1-19-14-4-2-12(3-5-14)10-15(16-11-17)8-6-13(18)7-9-15/h2-5H,6-10H2,1H3. The molecule has 0 bridgehead atoms. The minimum Gasteiger partial charge on any atom is -0.497 e. The van der Waals surface area contributed by atoms with Crippen molar-refractivity contribution in [2.75, 3.05) is 7.11 Å². The number of aliphatic imine (C=N–C) groups is 1. The van der Waals surface area contributed by atoms with E-state index in [-0.39, 0.29) is 5.78 Å². The molecule has 1 aromatic rings. The van der Waals surface area contributed by atoms with Gasteiger partial charge in [-0.3, -0.25) is 4.79 Å². The van der Waals surface area contributed by atoms with E-state index >= 15 is 0 Å². The summed E-state index contributed by atoms with van der Waals surface area (Å²) in [5, 5.41) is 0. The number of ketones is 1. The SMILES string of the molecule is COc1ccc(CC2(N=C=O)CCC(=O)CC2)cc1. The van der Waals surface area contributed by atoms with Gasteiger partial charge in [0.25, 0.3) is 0 Å². The molecule has 0 saturated heterocycles. The molecular formula is C15H17NO3. The van der Waals surface area contributed by atoms with Crippen LogP contribution in [0.3, 0.4) is 0 Å². The molecule has 1 aliphatic carbocycles. The number of hydrogen-bond donors (Lipinski definition) is 0. The maximum absolute atomic E-state index is 11.3. The average Bonchev–Trinajstić information content (AvgIpc) is 2.43. The van der Waals surface area contributed by atoms with Crippen LogP contribution in [0, 0.1) is 0 Å². The smallest absolute Gasteiger partial charge is 0.235 e. The van der Waals surface area contributed by atoms with Crippen molar-refractivity contribution in [2.45, 2.75) is 37.6 Å². The van der Waals surface area contributed by atoms with Crippen LogP contribution in [0.15, 0.2) is 29.3 Å². The van der Waals surface area contributed by atoms with Crippen molar-refractivity contribution >= 4 is 11.9 Å². The van der Waals surface area contributed by atoms with E-state index in [9.17, 15) is 9.59 Å². The number of ether oxygens (including phenoxy) is 1. The predicted molar refractivity (Wildman–Crippen MR) is 71.0 cm³/mol. The minimum atomic E-state index is -0.454. The second-order valence-electron chi connectivity index (χ2n) is 4.99. The van der Waals surface area contributed by atoms with E-state index in [1.165, 1.54) is 0 Å². The molecule has 0 unspecified atom stereocenters. The number of carbonyl (C=O) groups is 1. The first-order valence-electron chi connectivity index (χ1n) is 6.41. The third-order valence-electron chi connectivity index (χ3n) is 3.71. The monoisotopic (exact) mass is 259 g/mol. The molecule has 0 atom stereocenters. The van der Waals surface area contributed by atoms with E-state index in [4.69, 9.17) is 4.74 Å². The Morgan fingerprint density at radius 2 is 1.89 bits per heavy atom. The molecule has 19 heavy (non-hydrogen) atoms. The Balaban J connectivity index is 2.16. The fourth-order valence-corrected chi connectivity index (χ4v) is 2.54. The predicted octanol–water partition coefficient (Wildman–Crippen LogP) is 2.46. The molecule has 1 aliphatic rings. The molecule has 0 N–H and O–H groups in total. The number of benzene rings is 1. The van der Waals surface area contributed by atoms with Gasteiger partial charge < -0.3 is 4.74 Å². The fourth-order valence-electron chi connectivity index (χ4n) is 2.54. The summed E-state index contributed by atoms with van der Waals surface area (Å²) in [6.07, 6.45) is 4.61. The van der Waals surface area contributed by atoms with Crippen LogP contribution in [-0.4, -0.2) is 24.5 Å². The fraction of sp³-hybridized carbons (Fsp3) is 0.467. The van der Waals surface area contributed by atoms with Crippen molar-refractivity contribution in [3.05, 3.63) is 29.8 Å². The lowest BCUT2D eigenvalue weighted by atomic mass is 9.77. The summed E-state index contributed by atoms with van der Waals surface area (Å²) in [4.78, 5) is 26.0. The largest absolute Gasteiger partial charge is 0.497 e. The van der Waals surface area contributed by atoms with Crippen molar-refractivity contribution in [1.29, 1.82) is 0 Å². The summed E-state index contributed by atoms with van der Waals surface area (Å²) < 4.78 is 5.12. The van der Waals surface area contributed by atoms with Gasteiger partial charge in [-0.15, -0.1) is 0 Å². The Hall–Kier alpha value is -1.93. The zero-order valence-electron chi connectivity index (χ0n) is 11.0. The quantitative estimate of drug-likeness (QED) is 0.616. The maximum atomic E-state index is 11.3. The second-order valence-corrected chi connectivity index (χ2v) is 4.99. The van der Waals surface area contributed by atoms with Gasteiger partial charge in [0, 0.05) is 12.8 Å². The third-order valence-corrected chi connectivity index (χ3v) is 3.71. The van der Waals surface area contributed by atoms with Crippen molar-refractivity contribution in [3.63, 3.8) is 0 Å². The highest BCUT2D eigenvalue weighted by Gasteiger charge is 2.34. The van der Waals surface area contributed by atoms with Gasteiger partial charge in [0.05, 0.1) is 12.6 Å². The summed E-state index contributed by atoms with van der Waals surface area (Å²) in [6, 6.07) is 7.72. The maximum Gasteiger partial charge on any atom is 0.235 e. The molecule has 4 heteroatoms. The zero-order valence-corrected chi connectivity index (χ0v) is 11.0. The molecule has 1 saturated carbocycles. The first kappa shape index (κ1) is 13.5. The van der Waals surface area contributed by atoms with Gasteiger partial charge in [0.15, 0.2) is 0 Å². The van der Waals surface area contributed by atoms with Gasteiger partial charge in [-0.05, 0) is 37.0 Å². The number of carbonyl (C=O) groups excluding carboxylic acids is 2. The van der Waals surface area contributed by atoms with E-state index in [2.05, 4.69) is 4.99 Å². The van der Waals surface area contributed by atoms with Crippen LogP contribution in [0.25, 0.3) is 0 Å². The third kappa shape index (κ3) is 3.30. The molecule has 0 aliphatic heterocycles. The molecule has 0 heterocycles. The highest BCUT2D eigenvalue weighted by Crippen LogP contribution is 2.33. The number of isocyanates is 1. The van der Waals surface area contributed by atoms with Crippen LogP contribution in [0.5, 0.6) is 5.75 Å². The molecule has 0 radical (unpaired) electrons. The Bertz CT molecular complexity index is 491. The number of Topliss-reactive ketones (excluding diaryl/α,β-unsaturated/α-hetero) is 1. The molecule has 1 fully saturated rings. The van der Waals surface area contributed by atoms with Crippen molar-refractivity contribution in [2.24, 2.45) is 4.99 Å². The summed E-state index contributed by atoms with van der Waals surface area (Å²) in [7, 11) is 1.62. The lowest BCUT2D eigenvalue weighted by molar-refractivity contribution is -0.121. The van der Waals surface area contributed by atoms with Gasteiger partial charge in [-0.25, -0.2) is 4.79 Å². The van der Waals surface area contributed by atoms with Crippen LogP contribution in [0.2, 0.25) is 0 Å². The molecule has 100 valence electrons. The molecule has 0 spiro atoms. The first-order valence-corrected chi connectivity index (χ1v) is 6.41.